The van der Waals surface area contributed by atoms with Crippen molar-refractivity contribution in [2.75, 3.05) is 11.9 Å². The number of benzene rings is 1. The van der Waals surface area contributed by atoms with Gasteiger partial charge in [0, 0.05) is 11.8 Å². The lowest BCUT2D eigenvalue weighted by atomic mass is 9.96. The molecule has 0 aliphatic rings. The van der Waals surface area contributed by atoms with Crippen LogP contribution in [0.4, 0.5) is 5.69 Å². The van der Waals surface area contributed by atoms with Gasteiger partial charge in [0.05, 0.1) is 5.54 Å². The van der Waals surface area contributed by atoms with Crippen LogP contribution in [-0.4, -0.2) is 18.1 Å². The minimum Gasteiger partial charge on any atom is -0.479 e. The Morgan fingerprint density at radius 2 is 2.32 bits per heavy atom. The Kier molecular flexibility index (Phi) is 5.34. The molecular formula is C14H19N3O2. The van der Waals surface area contributed by atoms with Crippen LogP contribution in [0.3, 0.4) is 0 Å². The fraction of sp³-hybridized carbons (Fsp3) is 0.429. The van der Waals surface area contributed by atoms with Crippen LogP contribution in [-0.2, 0) is 4.79 Å². The Labute approximate surface area is 113 Å². The van der Waals surface area contributed by atoms with Crippen LogP contribution in [0.25, 0.3) is 0 Å². The van der Waals surface area contributed by atoms with Crippen molar-refractivity contribution in [3.63, 3.8) is 0 Å². The summed E-state index contributed by atoms with van der Waals surface area (Å²) >= 11 is 0. The van der Waals surface area contributed by atoms with Gasteiger partial charge in [-0.2, -0.15) is 5.26 Å². The second kappa shape index (κ2) is 6.76. The summed E-state index contributed by atoms with van der Waals surface area (Å²) in [6.45, 7) is 3.67. The standard InChI is InChI=1S/C14H19N3O2/c1-3-7-14(2,16)13(18)17-11-5-4-6-12(10-11)19-9-8-15/h4-6,10H,3,7,9,16H2,1-2H3,(H,17,18). The predicted molar refractivity (Wildman–Crippen MR) is 73.7 cm³/mol. The zero-order chi connectivity index (χ0) is 14.3. The van der Waals surface area contributed by atoms with Gasteiger partial charge in [0.15, 0.2) is 6.61 Å². The Morgan fingerprint density at radius 1 is 1.58 bits per heavy atom. The number of nitrogens with one attached hydrogen (secondary N) is 1. The predicted octanol–water partition coefficient (Wildman–Crippen LogP) is 2.04. The molecule has 0 bridgehead atoms. The molecule has 1 unspecified atom stereocenters. The van der Waals surface area contributed by atoms with Crippen molar-refractivity contribution >= 4 is 11.6 Å². The molecule has 1 amide bonds. The van der Waals surface area contributed by atoms with E-state index in [1.54, 1.807) is 31.2 Å². The minimum atomic E-state index is -0.891. The molecule has 1 aromatic carbocycles. The number of carbonyl (C=O) groups is 1. The maximum absolute atomic E-state index is 12.0. The molecule has 0 radical (unpaired) electrons. The van der Waals surface area contributed by atoms with Crippen LogP contribution in [0, 0.1) is 11.3 Å². The second-order valence-electron chi connectivity index (χ2n) is 4.60. The van der Waals surface area contributed by atoms with Crippen LogP contribution >= 0.6 is 0 Å². The average Bonchev–Trinajstić information content (AvgIpc) is 2.36. The van der Waals surface area contributed by atoms with Crippen molar-refractivity contribution in [1.29, 1.82) is 5.26 Å². The van der Waals surface area contributed by atoms with Crippen molar-refractivity contribution in [1.82, 2.24) is 0 Å². The molecule has 0 saturated heterocycles. The van der Waals surface area contributed by atoms with Crippen LogP contribution < -0.4 is 15.8 Å². The first kappa shape index (κ1) is 15.0. The van der Waals surface area contributed by atoms with Gasteiger partial charge in [0.25, 0.3) is 0 Å². The molecular weight excluding hydrogens is 242 g/mol. The summed E-state index contributed by atoms with van der Waals surface area (Å²) in [6, 6.07) is 8.77. The van der Waals surface area contributed by atoms with E-state index in [2.05, 4.69) is 5.32 Å². The Bertz CT molecular complexity index is 478. The third kappa shape index (κ3) is 4.60. The molecule has 1 rings (SSSR count). The lowest BCUT2D eigenvalue weighted by Crippen LogP contribution is -2.48. The number of nitrogens with two attached hydrogens (primary N) is 1. The summed E-state index contributed by atoms with van der Waals surface area (Å²) in [7, 11) is 0. The monoisotopic (exact) mass is 261 g/mol. The number of amides is 1. The highest BCUT2D eigenvalue weighted by Crippen LogP contribution is 2.19. The molecule has 1 aromatic rings. The van der Waals surface area contributed by atoms with Crippen LogP contribution in [0.15, 0.2) is 24.3 Å². The number of anilines is 1. The molecule has 5 nitrogen and oxygen atoms in total. The highest BCUT2D eigenvalue weighted by Gasteiger charge is 2.27. The van der Waals surface area contributed by atoms with Crippen molar-refractivity contribution in [2.45, 2.75) is 32.2 Å². The largest absolute Gasteiger partial charge is 0.479 e. The van der Waals surface area contributed by atoms with E-state index in [1.807, 2.05) is 13.0 Å². The van der Waals surface area contributed by atoms with Crippen LogP contribution in [0.2, 0.25) is 0 Å². The average molecular weight is 261 g/mol. The molecule has 0 aliphatic heterocycles. The van der Waals surface area contributed by atoms with Crippen molar-refractivity contribution < 1.29 is 9.53 Å². The molecule has 5 heteroatoms. The van der Waals surface area contributed by atoms with E-state index in [1.165, 1.54) is 0 Å². The van der Waals surface area contributed by atoms with Gasteiger partial charge < -0.3 is 15.8 Å². The maximum Gasteiger partial charge on any atom is 0.244 e. The molecule has 3 N–H and O–H groups in total. The van der Waals surface area contributed by atoms with Gasteiger partial charge in [-0.15, -0.1) is 0 Å². The van der Waals surface area contributed by atoms with Gasteiger partial charge in [-0.25, -0.2) is 0 Å². The molecule has 0 spiro atoms. The fourth-order valence-electron chi connectivity index (χ4n) is 1.69. The fourth-order valence-corrected chi connectivity index (χ4v) is 1.69. The van der Waals surface area contributed by atoms with Crippen LogP contribution in [0.5, 0.6) is 5.75 Å². The van der Waals surface area contributed by atoms with E-state index in [0.717, 1.165) is 6.42 Å². The number of rotatable bonds is 6. The SMILES string of the molecule is CCCC(C)(N)C(=O)Nc1cccc(OCC#N)c1. The molecule has 0 saturated carbocycles. The van der Waals surface area contributed by atoms with Gasteiger partial charge in [-0.05, 0) is 25.5 Å². The lowest BCUT2D eigenvalue weighted by Gasteiger charge is -2.22. The Hall–Kier alpha value is -2.06. The first-order valence-electron chi connectivity index (χ1n) is 6.19. The molecule has 102 valence electrons. The smallest absolute Gasteiger partial charge is 0.244 e. The normalized spacial score (nSPS) is 13.2. The van der Waals surface area contributed by atoms with Crippen LogP contribution in [0.1, 0.15) is 26.7 Å². The van der Waals surface area contributed by atoms with Crippen molar-refractivity contribution in [2.24, 2.45) is 5.73 Å². The number of nitriles is 1. The molecule has 1 atom stereocenters. The molecule has 0 aromatic heterocycles. The summed E-state index contributed by atoms with van der Waals surface area (Å²) in [4.78, 5) is 12.0. The Balaban J connectivity index is 2.72. The highest BCUT2D eigenvalue weighted by atomic mass is 16.5. The number of ether oxygens (including phenoxy) is 1. The third-order valence-corrected chi connectivity index (χ3v) is 2.68. The van der Waals surface area contributed by atoms with Gasteiger partial charge in [0.1, 0.15) is 11.8 Å². The summed E-state index contributed by atoms with van der Waals surface area (Å²) in [6.07, 6.45) is 1.45. The van der Waals surface area contributed by atoms with Gasteiger partial charge in [0.2, 0.25) is 5.91 Å². The Morgan fingerprint density at radius 3 is 2.95 bits per heavy atom. The quantitative estimate of drug-likeness (QED) is 0.820. The van der Waals surface area contributed by atoms with E-state index in [4.69, 9.17) is 15.7 Å². The van der Waals surface area contributed by atoms with Gasteiger partial charge in [-0.1, -0.05) is 19.4 Å². The minimum absolute atomic E-state index is 0.0260. The number of carbonyl (C=O) groups excluding carboxylic acids is 1. The van der Waals surface area contributed by atoms with Gasteiger partial charge >= 0.3 is 0 Å². The van der Waals surface area contributed by atoms with E-state index in [-0.39, 0.29) is 12.5 Å². The zero-order valence-electron chi connectivity index (χ0n) is 11.3. The molecule has 0 heterocycles. The molecule has 19 heavy (non-hydrogen) atoms. The first-order valence-corrected chi connectivity index (χ1v) is 6.19. The number of nitrogens with zero attached hydrogens (tertiary/aromatic N) is 1. The molecule has 0 fully saturated rings. The van der Waals surface area contributed by atoms with E-state index < -0.39 is 5.54 Å². The highest BCUT2D eigenvalue weighted by molar-refractivity contribution is 5.97. The van der Waals surface area contributed by atoms with Crippen molar-refractivity contribution in [3.8, 4) is 11.8 Å². The van der Waals surface area contributed by atoms with Crippen molar-refractivity contribution in [3.05, 3.63) is 24.3 Å². The number of hydrogen-bond donors (Lipinski definition) is 2. The first-order chi connectivity index (χ1) is 8.99. The summed E-state index contributed by atoms with van der Waals surface area (Å²) < 4.78 is 5.17. The summed E-state index contributed by atoms with van der Waals surface area (Å²) in [5.74, 6) is 0.306. The topological polar surface area (TPSA) is 88.1 Å². The van der Waals surface area contributed by atoms with E-state index in [9.17, 15) is 4.79 Å². The third-order valence-electron chi connectivity index (χ3n) is 2.68. The van der Waals surface area contributed by atoms with Gasteiger partial charge in [-0.3, -0.25) is 4.79 Å². The molecule has 0 aliphatic carbocycles. The second-order valence-corrected chi connectivity index (χ2v) is 4.60. The number of hydrogen-bond acceptors (Lipinski definition) is 4. The lowest BCUT2D eigenvalue weighted by molar-refractivity contribution is -0.120. The summed E-state index contributed by atoms with van der Waals surface area (Å²) in [5.41, 5.74) is 5.66. The van der Waals surface area contributed by atoms with E-state index >= 15 is 0 Å². The maximum atomic E-state index is 12.0. The zero-order valence-corrected chi connectivity index (χ0v) is 11.3. The van der Waals surface area contributed by atoms with E-state index in [0.29, 0.717) is 17.9 Å². The summed E-state index contributed by atoms with van der Waals surface area (Å²) in [5, 5.41) is 11.2.